The minimum Gasteiger partial charge on any atom is -0.497 e. The molecule has 0 N–H and O–H groups in total. The summed E-state index contributed by atoms with van der Waals surface area (Å²) >= 11 is 0. The average Bonchev–Trinajstić information content (AvgIpc) is 3.76. The lowest BCUT2D eigenvalue weighted by molar-refractivity contribution is 0.0599. The molecule has 7 rings (SSSR count). The lowest BCUT2D eigenvalue weighted by Crippen LogP contribution is -2.35. The lowest BCUT2D eigenvalue weighted by atomic mass is 9.82. The Hall–Kier alpha value is -4.85. The van der Waals surface area contributed by atoms with Crippen LogP contribution >= 0.6 is 0 Å². The summed E-state index contributed by atoms with van der Waals surface area (Å²) in [4.78, 5) is 15.5. The van der Waals surface area contributed by atoms with Crippen LogP contribution in [0, 0.1) is 0 Å². The summed E-state index contributed by atoms with van der Waals surface area (Å²) < 4.78 is 35.0. The fourth-order valence-corrected chi connectivity index (χ4v) is 6.21. The van der Waals surface area contributed by atoms with Crippen LogP contribution in [0.3, 0.4) is 0 Å². The highest BCUT2D eigenvalue weighted by Crippen LogP contribution is 2.53. The maximum absolute atomic E-state index is 13.1. The quantitative estimate of drug-likeness (QED) is 0.252. The number of rotatable bonds is 6. The monoisotopic (exact) mass is 565 g/mol. The van der Waals surface area contributed by atoms with Gasteiger partial charge in [-0.2, -0.15) is 0 Å². The van der Waals surface area contributed by atoms with Crippen LogP contribution in [0.25, 0.3) is 16.8 Å². The van der Waals surface area contributed by atoms with Crippen LogP contribution < -0.4 is 28.6 Å². The Morgan fingerprint density at radius 2 is 1.55 bits per heavy atom. The molecule has 0 spiro atoms. The molecule has 4 aromatic carbocycles. The molecule has 8 heteroatoms. The molecule has 214 valence electrons. The van der Waals surface area contributed by atoms with E-state index < -0.39 is 11.6 Å². The topological polar surface area (TPSA) is 75.7 Å². The van der Waals surface area contributed by atoms with Crippen molar-refractivity contribution in [2.24, 2.45) is 0 Å². The predicted octanol–water partition coefficient (Wildman–Crippen LogP) is 6.32. The highest BCUT2D eigenvalue weighted by Gasteiger charge is 2.40. The van der Waals surface area contributed by atoms with E-state index in [1.165, 1.54) is 25.6 Å². The highest BCUT2D eigenvalue weighted by atomic mass is 16.7. The Labute approximate surface area is 244 Å². The van der Waals surface area contributed by atoms with Gasteiger partial charge in [0.1, 0.15) is 11.5 Å². The van der Waals surface area contributed by atoms with Gasteiger partial charge in [0.25, 0.3) is 0 Å². The maximum atomic E-state index is 13.1. The summed E-state index contributed by atoms with van der Waals surface area (Å²) in [6.45, 7) is 2.20. The number of nitrogens with zero attached hydrogens (tertiary/aromatic N) is 1. The molecule has 4 aromatic rings. The van der Waals surface area contributed by atoms with Crippen LogP contribution in [-0.4, -0.2) is 47.2 Å². The first-order valence-electron chi connectivity index (χ1n) is 14.0. The predicted molar refractivity (Wildman–Crippen MR) is 159 cm³/mol. The van der Waals surface area contributed by atoms with Crippen LogP contribution in [-0.2, 0) is 10.3 Å². The molecule has 0 radical (unpaired) electrons. The summed E-state index contributed by atoms with van der Waals surface area (Å²) in [5, 5.41) is 1.39. The Morgan fingerprint density at radius 1 is 0.833 bits per heavy atom. The van der Waals surface area contributed by atoms with Crippen molar-refractivity contribution in [1.82, 2.24) is 0 Å². The van der Waals surface area contributed by atoms with Crippen molar-refractivity contribution in [3.05, 3.63) is 89.0 Å². The lowest BCUT2D eigenvalue weighted by Gasteiger charge is -2.37. The molecular weight excluding hydrogens is 534 g/mol. The first-order chi connectivity index (χ1) is 20.6. The van der Waals surface area contributed by atoms with Crippen molar-refractivity contribution in [3.8, 4) is 28.7 Å². The average molecular weight is 566 g/mol. The Bertz CT molecular complexity index is 1710. The molecule has 0 saturated carbocycles. The highest BCUT2D eigenvalue weighted by molar-refractivity contribution is 6.07. The molecule has 1 unspecified atom stereocenters. The standard InChI is InChI=1S/C34H31NO7/c1-37-24-12-8-22(9-13-24)34(21-6-10-23(11-7-21)35-16-4-5-17-35)15-14-25-28(33(36)39-3)18-26-27(30(25)42-34)19-29-32(31(26)38-2)41-20-40-29/h6-15,18-19H,4-5,16-17,20H2,1-3H3. The molecule has 42 heavy (non-hydrogen) atoms. The van der Waals surface area contributed by atoms with Gasteiger partial charge in [-0.1, -0.05) is 24.3 Å². The number of esters is 1. The number of carbonyl (C=O) groups excluding carboxylic acids is 1. The summed E-state index contributed by atoms with van der Waals surface area (Å²) in [6, 6.07) is 20.1. The van der Waals surface area contributed by atoms with Crippen LogP contribution in [0.1, 0.15) is 39.9 Å². The van der Waals surface area contributed by atoms with E-state index in [0.29, 0.717) is 39.5 Å². The Balaban J connectivity index is 1.46. The van der Waals surface area contributed by atoms with E-state index in [-0.39, 0.29) is 6.79 Å². The molecular formula is C34H31NO7. The molecule has 0 aliphatic carbocycles. The van der Waals surface area contributed by atoms with E-state index in [4.69, 9.17) is 28.4 Å². The second-order valence-electron chi connectivity index (χ2n) is 10.5. The number of benzene rings is 4. The van der Waals surface area contributed by atoms with Crippen molar-refractivity contribution >= 4 is 28.5 Å². The third kappa shape index (κ3) is 4.01. The van der Waals surface area contributed by atoms with Gasteiger partial charge in [-0.3, -0.25) is 0 Å². The van der Waals surface area contributed by atoms with Gasteiger partial charge >= 0.3 is 5.97 Å². The van der Waals surface area contributed by atoms with E-state index in [1.54, 1.807) is 20.3 Å². The zero-order valence-corrected chi connectivity index (χ0v) is 23.8. The minimum absolute atomic E-state index is 0.0774. The number of hydrogen-bond acceptors (Lipinski definition) is 8. The Kier molecular flexibility index (Phi) is 6.34. The molecule has 1 fully saturated rings. The first kappa shape index (κ1) is 26.1. The Morgan fingerprint density at radius 3 is 2.21 bits per heavy atom. The molecule has 3 aliphatic heterocycles. The molecule has 0 amide bonds. The number of methoxy groups -OCH3 is 3. The fraction of sp³-hybridized carbons (Fsp3) is 0.265. The largest absolute Gasteiger partial charge is 0.497 e. The SMILES string of the molecule is COC(=O)c1cc2c(OC)c3c(cc2c2c1C=CC(c1ccc(OC)cc1)(c1ccc(N4CCCC4)cc1)O2)OCO3. The van der Waals surface area contributed by atoms with Gasteiger partial charge in [-0.25, -0.2) is 4.79 Å². The summed E-state index contributed by atoms with van der Waals surface area (Å²) in [6.07, 6.45) is 6.36. The summed E-state index contributed by atoms with van der Waals surface area (Å²) in [5.74, 6) is 2.30. The minimum atomic E-state index is -1.01. The second-order valence-corrected chi connectivity index (χ2v) is 10.5. The van der Waals surface area contributed by atoms with Gasteiger partial charge < -0.3 is 33.3 Å². The van der Waals surface area contributed by atoms with Crippen LogP contribution in [0.4, 0.5) is 5.69 Å². The van der Waals surface area contributed by atoms with Crippen molar-refractivity contribution in [2.45, 2.75) is 18.4 Å². The van der Waals surface area contributed by atoms with E-state index in [2.05, 4.69) is 29.2 Å². The van der Waals surface area contributed by atoms with Crippen molar-refractivity contribution in [2.75, 3.05) is 46.1 Å². The van der Waals surface area contributed by atoms with E-state index in [0.717, 1.165) is 35.4 Å². The number of carbonyl (C=O) groups is 1. The van der Waals surface area contributed by atoms with Crippen LogP contribution in [0.2, 0.25) is 0 Å². The summed E-state index contributed by atoms with van der Waals surface area (Å²) in [5.41, 5.74) is 3.02. The zero-order chi connectivity index (χ0) is 28.8. The molecule has 3 aliphatic rings. The molecule has 3 heterocycles. The molecule has 1 atom stereocenters. The number of anilines is 1. The molecule has 1 saturated heterocycles. The van der Waals surface area contributed by atoms with Gasteiger partial charge in [0, 0.05) is 46.2 Å². The molecule has 0 bridgehead atoms. The fourth-order valence-electron chi connectivity index (χ4n) is 6.21. The van der Waals surface area contributed by atoms with Gasteiger partial charge in [-0.15, -0.1) is 0 Å². The third-order valence-electron chi connectivity index (χ3n) is 8.37. The van der Waals surface area contributed by atoms with Crippen LogP contribution in [0.15, 0.2) is 66.7 Å². The van der Waals surface area contributed by atoms with Gasteiger partial charge in [0.05, 0.1) is 26.9 Å². The maximum Gasteiger partial charge on any atom is 0.338 e. The smallest absolute Gasteiger partial charge is 0.338 e. The normalized spacial score (nSPS) is 18.5. The van der Waals surface area contributed by atoms with Crippen molar-refractivity contribution in [1.29, 1.82) is 0 Å². The van der Waals surface area contributed by atoms with Gasteiger partial charge in [0.2, 0.25) is 12.5 Å². The zero-order valence-electron chi connectivity index (χ0n) is 23.8. The number of fused-ring (bicyclic) bond motifs is 4. The van der Waals surface area contributed by atoms with Crippen LogP contribution in [0.5, 0.6) is 28.7 Å². The number of ether oxygens (including phenoxy) is 6. The molecule has 0 aromatic heterocycles. The van der Waals surface area contributed by atoms with Gasteiger partial charge in [0.15, 0.2) is 17.1 Å². The third-order valence-corrected chi connectivity index (χ3v) is 8.37. The van der Waals surface area contributed by atoms with Crippen molar-refractivity contribution in [3.63, 3.8) is 0 Å². The van der Waals surface area contributed by atoms with E-state index in [1.807, 2.05) is 42.5 Å². The first-order valence-corrected chi connectivity index (χ1v) is 14.0. The molecule has 8 nitrogen and oxygen atoms in total. The number of hydrogen-bond donors (Lipinski definition) is 0. The van der Waals surface area contributed by atoms with Crippen molar-refractivity contribution < 1.29 is 33.2 Å². The van der Waals surface area contributed by atoms with Gasteiger partial charge in [-0.05, 0) is 61.4 Å². The summed E-state index contributed by atoms with van der Waals surface area (Å²) in [7, 11) is 4.58. The van der Waals surface area contributed by atoms with E-state index >= 15 is 0 Å². The second kappa shape index (κ2) is 10.2. The van der Waals surface area contributed by atoms with E-state index in [9.17, 15) is 4.79 Å².